The number of hydrogen-bond acceptors (Lipinski definition) is 8. The lowest BCUT2D eigenvalue weighted by atomic mass is 10.1. The highest BCUT2D eigenvalue weighted by atomic mass is 16.6. The summed E-state index contributed by atoms with van der Waals surface area (Å²) in [6, 6.07) is 14.8. The molecule has 0 N–H and O–H groups in total. The lowest BCUT2D eigenvalue weighted by Gasteiger charge is -2.14. The van der Waals surface area contributed by atoms with Crippen molar-refractivity contribution in [1.29, 1.82) is 0 Å². The number of benzene rings is 3. The van der Waals surface area contributed by atoms with E-state index in [1.807, 2.05) is 0 Å². The zero-order valence-corrected chi connectivity index (χ0v) is 16.7. The number of esters is 1. The molecule has 2 amide bonds. The third kappa shape index (κ3) is 3.90. The van der Waals surface area contributed by atoms with Crippen molar-refractivity contribution in [2.24, 2.45) is 0 Å². The lowest BCUT2D eigenvalue weighted by molar-refractivity contribution is -0.385. The smallest absolute Gasteiger partial charge is 0.338 e. The maximum Gasteiger partial charge on any atom is 0.338 e. The van der Waals surface area contributed by atoms with Gasteiger partial charge in [-0.15, -0.1) is 0 Å². The van der Waals surface area contributed by atoms with Gasteiger partial charge in [0.15, 0.2) is 0 Å². The molecule has 11 nitrogen and oxygen atoms in total. The summed E-state index contributed by atoms with van der Waals surface area (Å²) < 4.78 is 5.17. The first-order chi connectivity index (χ1) is 15.8. The second-order valence-electron chi connectivity index (χ2n) is 6.95. The van der Waals surface area contributed by atoms with Crippen molar-refractivity contribution in [3.05, 3.63) is 109 Å². The Bertz CT molecular complexity index is 1330. The minimum absolute atomic E-state index is 0.0744. The molecule has 0 aliphatic carbocycles. The highest BCUT2D eigenvalue weighted by Gasteiger charge is 2.41. The Morgan fingerprint density at radius 1 is 0.879 bits per heavy atom. The second-order valence-corrected chi connectivity index (χ2v) is 6.95. The molecule has 3 aromatic carbocycles. The molecule has 1 heterocycles. The van der Waals surface area contributed by atoms with Gasteiger partial charge in [0.2, 0.25) is 0 Å². The predicted octanol–water partition coefficient (Wildman–Crippen LogP) is 3.66. The maximum atomic E-state index is 12.7. The fourth-order valence-corrected chi connectivity index (χ4v) is 3.39. The highest BCUT2D eigenvalue weighted by Crippen LogP contribution is 2.33. The third-order valence-corrected chi connectivity index (χ3v) is 4.94. The zero-order valence-electron chi connectivity index (χ0n) is 16.7. The van der Waals surface area contributed by atoms with Gasteiger partial charge < -0.3 is 4.74 Å². The van der Waals surface area contributed by atoms with Crippen LogP contribution in [0.5, 0.6) is 0 Å². The molecule has 1 aliphatic heterocycles. The Kier molecular flexibility index (Phi) is 5.36. The van der Waals surface area contributed by atoms with E-state index in [-0.39, 0.29) is 34.7 Å². The third-order valence-electron chi connectivity index (χ3n) is 4.94. The van der Waals surface area contributed by atoms with Crippen LogP contribution in [-0.2, 0) is 11.3 Å². The minimum atomic E-state index is -0.830. The number of non-ortho nitro benzene ring substituents is 1. The highest BCUT2D eigenvalue weighted by molar-refractivity contribution is 6.35. The SMILES string of the molecule is O=C(OCc1cccc([N+](=O)[O-])c1)c1ccc(N2C(=O)c3cccc([N+](=O)[O-])c3C2=O)cc1. The van der Waals surface area contributed by atoms with Crippen molar-refractivity contribution in [3.63, 3.8) is 0 Å². The molecular formula is C22H13N3O8. The standard InChI is InChI=1S/C22H13N3O8/c26-20-17-5-2-6-18(25(31)32)19(17)21(27)23(20)15-9-7-14(8-10-15)22(28)33-12-13-3-1-4-16(11-13)24(29)30/h1-11H,12H2. The lowest BCUT2D eigenvalue weighted by Crippen LogP contribution is -2.29. The van der Waals surface area contributed by atoms with Gasteiger partial charge >= 0.3 is 5.97 Å². The Labute approximate surface area is 185 Å². The van der Waals surface area contributed by atoms with Gasteiger partial charge in [-0.25, -0.2) is 9.69 Å². The number of rotatable bonds is 6. The molecule has 3 aromatic rings. The van der Waals surface area contributed by atoms with Gasteiger partial charge in [0, 0.05) is 18.2 Å². The van der Waals surface area contributed by atoms with Gasteiger partial charge in [-0.3, -0.25) is 29.8 Å². The van der Waals surface area contributed by atoms with E-state index in [1.54, 1.807) is 6.07 Å². The summed E-state index contributed by atoms with van der Waals surface area (Å²) in [5, 5.41) is 22.1. The van der Waals surface area contributed by atoms with Crippen molar-refractivity contribution in [3.8, 4) is 0 Å². The average molecular weight is 447 g/mol. The van der Waals surface area contributed by atoms with Gasteiger partial charge in [0.25, 0.3) is 23.2 Å². The molecule has 0 unspecified atom stereocenters. The van der Waals surface area contributed by atoms with Gasteiger partial charge in [-0.1, -0.05) is 18.2 Å². The van der Waals surface area contributed by atoms with E-state index in [9.17, 15) is 34.6 Å². The molecular weight excluding hydrogens is 434 g/mol. The Balaban J connectivity index is 1.50. The fourth-order valence-electron chi connectivity index (χ4n) is 3.39. The molecule has 1 aliphatic rings. The van der Waals surface area contributed by atoms with Crippen LogP contribution in [0.25, 0.3) is 0 Å². The first-order valence-electron chi connectivity index (χ1n) is 9.44. The Morgan fingerprint density at radius 2 is 1.58 bits per heavy atom. The minimum Gasteiger partial charge on any atom is -0.457 e. The molecule has 0 spiro atoms. The second kappa shape index (κ2) is 8.30. The number of amides is 2. The van der Waals surface area contributed by atoms with Crippen LogP contribution in [0.3, 0.4) is 0 Å². The molecule has 0 saturated heterocycles. The Morgan fingerprint density at radius 3 is 2.24 bits per heavy atom. The van der Waals surface area contributed by atoms with E-state index < -0.39 is 33.3 Å². The van der Waals surface area contributed by atoms with Crippen LogP contribution in [0.2, 0.25) is 0 Å². The molecule has 0 bridgehead atoms. The number of nitro groups is 2. The normalized spacial score (nSPS) is 12.4. The Hall–Kier alpha value is -4.93. The summed E-state index contributed by atoms with van der Waals surface area (Å²) >= 11 is 0. The van der Waals surface area contributed by atoms with Crippen LogP contribution in [-0.4, -0.2) is 27.6 Å². The van der Waals surface area contributed by atoms with Crippen LogP contribution >= 0.6 is 0 Å². The molecule has 0 saturated carbocycles. The summed E-state index contributed by atoms with van der Waals surface area (Å²) in [5.74, 6) is -2.26. The molecule has 4 rings (SSSR count). The first kappa shape index (κ1) is 21.3. The molecule has 0 atom stereocenters. The van der Waals surface area contributed by atoms with Crippen molar-refractivity contribution in [2.75, 3.05) is 4.90 Å². The largest absolute Gasteiger partial charge is 0.457 e. The van der Waals surface area contributed by atoms with Crippen molar-refractivity contribution < 1.29 is 29.0 Å². The summed E-state index contributed by atoms with van der Waals surface area (Å²) in [6.07, 6.45) is 0. The van der Waals surface area contributed by atoms with E-state index >= 15 is 0 Å². The monoisotopic (exact) mass is 447 g/mol. The summed E-state index contributed by atoms with van der Waals surface area (Å²) in [5.41, 5.74) is -0.273. The number of anilines is 1. The summed E-state index contributed by atoms with van der Waals surface area (Å²) in [6.45, 7) is -0.190. The van der Waals surface area contributed by atoms with E-state index in [2.05, 4.69) is 0 Å². The molecule has 0 radical (unpaired) electrons. The van der Waals surface area contributed by atoms with E-state index in [0.717, 1.165) is 11.0 Å². The number of nitrogens with zero attached hydrogens (tertiary/aromatic N) is 3. The van der Waals surface area contributed by atoms with Gasteiger partial charge in [0.1, 0.15) is 12.2 Å². The predicted molar refractivity (Wildman–Crippen MR) is 113 cm³/mol. The van der Waals surface area contributed by atoms with Gasteiger partial charge in [0.05, 0.1) is 26.7 Å². The summed E-state index contributed by atoms with van der Waals surface area (Å²) in [4.78, 5) is 59.3. The van der Waals surface area contributed by atoms with Crippen LogP contribution in [0.15, 0.2) is 66.7 Å². The maximum absolute atomic E-state index is 12.7. The van der Waals surface area contributed by atoms with E-state index in [4.69, 9.17) is 4.74 Å². The zero-order chi connectivity index (χ0) is 23.7. The topological polar surface area (TPSA) is 150 Å². The molecule has 0 fully saturated rings. The van der Waals surface area contributed by atoms with Gasteiger partial charge in [-0.05, 0) is 35.9 Å². The van der Waals surface area contributed by atoms with Crippen LogP contribution in [0, 0.1) is 20.2 Å². The fraction of sp³-hybridized carbons (Fsp3) is 0.0455. The van der Waals surface area contributed by atoms with Crippen molar-refractivity contribution in [1.82, 2.24) is 0 Å². The number of carbonyl (C=O) groups is 3. The summed E-state index contributed by atoms with van der Waals surface area (Å²) in [7, 11) is 0. The molecule has 11 heteroatoms. The van der Waals surface area contributed by atoms with Crippen molar-refractivity contribution in [2.45, 2.75) is 6.61 Å². The van der Waals surface area contributed by atoms with Crippen LogP contribution < -0.4 is 4.90 Å². The van der Waals surface area contributed by atoms with E-state index in [1.165, 1.54) is 54.6 Å². The molecule has 33 heavy (non-hydrogen) atoms. The van der Waals surface area contributed by atoms with Gasteiger partial charge in [-0.2, -0.15) is 0 Å². The quantitative estimate of drug-likeness (QED) is 0.240. The van der Waals surface area contributed by atoms with E-state index in [0.29, 0.717) is 5.56 Å². The van der Waals surface area contributed by atoms with Crippen molar-refractivity contribution >= 4 is 34.8 Å². The molecule has 164 valence electrons. The number of ether oxygens (including phenoxy) is 1. The number of nitro benzene ring substituents is 2. The van der Waals surface area contributed by atoms with Crippen LogP contribution in [0.4, 0.5) is 17.1 Å². The first-order valence-corrected chi connectivity index (χ1v) is 9.44. The number of fused-ring (bicyclic) bond motifs is 1. The number of carbonyl (C=O) groups excluding carboxylic acids is 3. The molecule has 0 aromatic heterocycles. The number of hydrogen-bond donors (Lipinski definition) is 0. The average Bonchev–Trinajstić information content (AvgIpc) is 3.07. The number of imide groups is 1. The van der Waals surface area contributed by atoms with Crippen LogP contribution in [0.1, 0.15) is 36.6 Å².